The maximum Gasteiger partial charge on any atom is 0.287 e. The molecular weight excluding hydrogens is 458 g/mol. The van der Waals surface area contributed by atoms with Gasteiger partial charge >= 0.3 is 0 Å². The number of rotatable bonds is 7. The Morgan fingerprint density at radius 3 is 2.19 bits per heavy atom. The Morgan fingerprint density at radius 1 is 0.903 bits per heavy atom. The number of hydrazone groups is 1. The van der Waals surface area contributed by atoms with Crippen LogP contribution in [-0.4, -0.2) is 25.1 Å². The Morgan fingerprint density at radius 2 is 1.55 bits per heavy atom. The third kappa shape index (κ3) is 6.65. The highest BCUT2D eigenvalue weighted by Crippen LogP contribution is 2.14. The number of halogens is 1. The van der Waals surface area contributed by atoms with Crippen LogP contribution in [0.1, 0.15) is 21.5 Å². The minimum Gasteiger partial charge on any atom is -0.497 e. The number of carbonyl (C=O) groups is 2. The maximum absolute atomic E-state index is 12.7. The van der Waals surface area contributed by atoms with E-state index in [1.807, 2.05) is 30.3 Å². The molecule has 3 aromatic carbocycles. The molecule has 0 unspecified atom stereocenters. The molecule has 0 fully saturated rings. The molecule has 2 N–H and O–H groups in total. The molecule has 0 heterocycles. The molecule has 0 saturated heterocycles. The number of hydrogen-bond donors (Lipinski definition) is 2. The number of ether oxygens (including phenoxy) is 1. The van der Waals surface area contributed by atoms with Gasteiger partial charge in [-0.1, -0.05) is 58.4 Å². The van der Waals surface area contributed by atoms with Crippen LogP contribution in [0, 0.1) is 0 Å². The van der Waals surface area contributed by atoms with E-state index >= 15 is 0 Å². The van der Waals surface area contributed by atoms with Crippen molar-refractivity contribution in [3.05, 3.63) is 106 Å². The number of amides is 2. The third-order valence-electron chi connectivity index (χ3n) is 4.21. The Labute approximate surface area is 188 Å². The molecule has 3 rings (SSSR count). The molecule has 7 heteroatoms. The van der Waals surface area contributed by atoms with Crippen molar-refractivity contribution in [3.63, 3.8) is 0 Å². The van der Waals surface area contributed by atoms with Crippen molar-refractivity contribution in [2.24, 2.45) is 5.10 Å². The molecule has 0 aliphatic carbocycles. The number of nitrogens with zero attached hydrogens (tertiary/aromatic N) is 1. The Balaban J connectivity index is 1.79. The normalized spacial score (nSPS) is 11.2. The topological polar surface area (TPSA) is 79.8 Å². The van der Waals surface area contributed by atoms with Gasteiger partial charge in [-0.15, -0.1) is 0 Å². The van der Waals surface area contributed by atoms with Crippen molar-refractivity contribution >= 4 is 40.0 Å². The van der Waals surface area contributed by atoms with Crippen LogP contribution in [-0.2, 0) is 4.79 Å². The first-order valence-corrected chi connectivity index (χ1v) is 10.2. The number of hydrogen-bond acceptors (Lipinski definition) is 4. The monoisotopic (exact) mass is 477 g/mol. The average Bonchev–Trinajstić information content (AvgIpc) is 2.81. The summed E-state index contributed by atoms with van der Waals surface area (Å²) < 4.78 is 6.10. The molecule has 0 aliphatic heterocycles. The van der Waals surface area contributed by atoms with Crippen molar-refractivity contribution in [1.29, 1.82) is 0 Å². The lowest BCUT2D eigenvalue weighted by Gasteiger charge is -2.09. The lowest BCUT2D eigenvalue weighted by molar-refractivity contribution is -0.117. The van der Waals surface area contributed by atoms with Crippen molar-refractivity contribution < 1.29 is 14.3 Å². The number of benzene rings is 3. The molecule has 0 aromatic heterocycles. The van der Waals surface area contributed by atoms with Crippen LogP contribution in [0.2, 0.25) is 0 Å². The second kappa shape index (κ2) is 10.9. The first-order chi connectivity index (χ1) is 15.0. The molecule has 156 valence electrons. The summed E-state index contributed by atoms with van der Waals surface area (Å²) in [6.07, 6.45) is 3.10. The molecule has 3 aromatic rings. The Kier molecular flexibility index (Phi) is 7.73. The molecule has 31 heavy (non-hydrogen) atoms. The zero-order valence-corrected chi connectivity index (χ0v) is 18.3. The lowest BCUT2D eigenvalue weighted by atomic mass is 10.1. The van der Waals surface area contributed by atoms with Gasteiger partial charge in [0.25, 0.3) is 11.8 Å². The van der Waals surface area contributed by atoms with E-state index in [0.29, 0.717) is 11.3 Å². The highest BCUT2D eigenvalue weighted by Gasteiger charge is 2.14. The maximum atomic E-state index is 12.7. The van der Waals surface area contributed by atoms with E-state index in [4.69, 9.17) is 4.74 Å². The van der Waals surface area contributed by atoms with E-state index in [-0.39, 0.29) is 5.70 Å². The first-order valence-electron chi connectivity index (χ1n) is 9.36. The van der Waals surface area contributed by atoms with Gasteiger partial charge in [0.05, 0.1) is 13.3 Å². The lowest BCUT2D eigenvalue weighted by Crippen LogP contribution is -2.32. The van der Waals surface area contributed by atoms with E-state index in [2.05, 4.69) is 31.8 Å². The zero-order valence-electron chi connectivity index (χ0n) is 16.7. The van der Waals surface area contributed by atoms with Crippen LogP contribution in [0.3, 0.4) is 0 Å². The van der Waals surface area contributed by atoms with Gasteiger partial charge in [0.15, 0.2) is 0 Å². The number of nitrogens with one attached hydrogen (secondary N) is 2. The molecule has 0 radical (unpaired) electrons. The van der Waals surface area contributed by atoms with E-state index < -0.39 is 11.8 Å². The first kappa shape index (κ1) is 22.0. The van der Waals surface area contributed by atoms with Crippen molar-refractivity contribution in [2.45, 2.75) is 0 Å². The number of methoxy groups -OCH3 is 1. The van der Waals surface area contributed by atoms with Gasteiger partial charge < -0.3 is 10.1 Å². The van der Waals surface area contributed by atoms with Gasteiger partial charge in [-0.2, -0.15) is 5.10 Å². The zero-order chi connectivity index (χ0) is 22.1. The van der Waals surface area contributed by atoms with Crippen molar-refractivity contribution in [1.82, 2.24) is 10.7 Å². The number of carbonyl (C=O) groups excluding carboxylic acids is 2. The predicted octanol–water partition coefficient (Wildman–Crippen LogP) is 4.38. The van der Waals surface area contributed by atoms with Crippen LogP contribution in [0.4, 0.5) is 0 Å². The summed E-state index contributed by atoms with van der Waals surface area (Å²) in [4.78, 5) is 25.3. The average molecular weight is 478 g/mol. The highest BCUT2D eigenvalue weighted by atomic mass is 79.9. The van der Waals surface area contributed by atoms with Crippen LogP contribution in [0.5, 0.6) is 5.75 Å². The molecule has 2 amide bonds. The van der Waals surface area contributed by atoms with Crippen molar-refractivity contribution in [3.8, 4) is 5.75 Å². The Hall–Kier alpha value is -3.71. The summed E-state index contributed by atoms with van der Waals surface area (Å²) in [5.74, 6) is -0.253. The summed E-state index contributed by atoms with van der Waals surface area (Å²) >= 11 is 3.37. The van der Waals surface area contributed by atoms with E-state index in [1.54, 1.807) is 61.7 Å². The van der Waals surface area contributed by atoms with Crippen LogP contribution >= 0.6 is 15.9 Å². The molecule has 6 nitrogen and oxygen atoms in total. The summed E-state index contributed by atoms with van der Waals surface area (Å²) in [7, 11) is 1.58. The predicted molar refractivity (Wildman–Crippen MR) is 125 cm³/mol. The second-order valence-electron chi connectivity index (χ2n) is 6.40. The summed E-state index contributed by atoms with van der Waals surface area (Å²) in [6, 6.07) is 23.2. The third-order valence-corrected chi connectivity index (χ3v) is 4.73. The van der Waals surface area contributed by atoms with Crippen molar-refractivity contribution in [2.75, 3.05) is 7.11 Å². The molecule has 0 atom stereocenters. The van der Waals surface area contributed by atoms with Gasteiger partial charge in [0.2, 0.25) is 0 Å². The standard InChI is InChI=1S/C24H20BrN3O3/c1-31-21-13-9-17(10-14-21)15-22(27-23(29)19-5-3-2-4-6-19)24(30)28-26-16-18-7-11-20(25)12-8-18/h2-16H,1H3,(H,27,29)(H,28,30). The molecule has 0 saturated carbocycles. The highest BCUT2D eigenvalue weighted by molar-refractivity contribution is 9.10. The SMILES string of the molecule is COc1ccc(C=C(NC(=O)c2ccccc2)C(=O)NN=Cc2ccc(Br)cc2)cc1. The Bertz CT molecular complexity index is 1090. The van der Waals surface area contributed by atoms with Gasteiger partial charge in [0.1, 0.15) is 11.4 Å². The van der Waals surface area contributed by atoms with Gasteiger partial charge in [-0.05, 0) is 53.6 Å². The van der Waals surface area contributed by atoms with E-state index in [0.717, 1.165) is 15.6 Å². The fourth-order valence-electron chi connectivity index (χ4n) is 2.58. The van der Waals surface area contributed by atoms with Crippen LogP contribution < -0.4 is 15.5 Å². The minimum atomic E-state index is -0.548. The quantitative estimate of drug-likeness (QED) is 0.301. The summed E-state index contributed by atoms with van der Waals surface area (Å²) in [6.45, 7) is 0. The molecule has 0 aliphatic rings. The van der Waals surface area contributed by atoms with Gasteiger partial charge in [0, 0.05) is 10.0 Å². The van der Waals surface area contributed by atoms with Gasteiger partial charge in [-0.25, -0.2) is 5.43 Å². The van der Waals surface area contributed by atoms with Crippen LogP contribution in [0.25, 0.3) is 6.08 Å². The van der Waals surface area contributed by atoms with Gasteiger partial charge in [-0.3, -0.25) is 9.59 Å². The molecule has 0 spiro atoms. The second-order valence-corrected chi connectivity index (χ2v) is 7.32. The van der Waals surface area contributed by atoms with E-state index in [1.165, 1.54) is 6.21 Å². The smallest absolute Gasteiger partial charge is 0.287 e. The summed E-state index contributed by atoms with van der Waals surface area (Å²) in [5, 5.41) is 6.65. The fraction of sp³-hybridized carbons (Fsp3) is 0.0417. The van der Waals surface area contributed by atoms with Crippen LogP contribution in [0.15, 0.2) is 94.1 Å². The minimum absolute atomic E-state index is 0.0620. The largest absolute Gasteiger partial charge is 0.497 e. The molecular formula is C24H20BrN3O3. The molecule has 0 bridgehead atoms. The summed E-state index contributed by atoms with van der Waals surface area (Å²) in [5.41, 5.74) is 4.49. The van der Waals surface area contributed by atoms with E-state index in [9.17, 15) is 9.59 Å². The fourth-order valence-corrected chi connectivity index (χ4v) is 2.85.